The number of imide groups is 1. The first-order valence-electron chi connectivity index (χ1n) is 11.9. The number of fused-ring (bicyclic) bond motifs is 1. The van der Waals surface area contributed by atoms with Gasteiger partial charge >= 0.3 is 6.03 Å². The van der Waals surface area contributed by atoms with Gasteiger partial charge in [0.2, 0.25) is 0 Å². The maximum absolute atomic E-state index is 13.2. The number of carbonyl (C=O) groups excluding carboxylic acids is 3. The zero-order valence-electron chi connectivity index (χ0n) is 19.8. The van der Waals surface area contributed by atoms with Gasteiger partial charge in [-0.05, 0) is 38.8 Å². The Morgan fingerprint density at radius 2 is 1.97 bits per heavy atom. The Morgan fingerprint density at radius 3 is 2.67 bits per heavy atom. The minimum Gasteiger partial charge on any atom is -0.372 e. The molecule has 12 heteroatoms. The van der Waals surface area contributed by atoms with Crippen LogP contribution in [0.4, 0.5) is 10.6 Å². The predicted molar refractivity (Wildman–Crippen MR) is 134 cm³/mol. The van der Waals surface area contributed by atoms with Crippen LogP contribution in [0.3, 0.4) is 0 Å². The lowest BCUT2D eigenvalue weighted by molar-refractivity contribution is -0.115. The van der Waals surface area contributed by atoms with E-state index in [1.807, 2.05) is 36.3 Å². The van der Waals surface area contributed by atoms with Gasteiger partial charge in [0.05, 0.1) is 29.0 Å². The summed E-state index contributed by atoms with van der Waals surface area (Å²) in [6, 6.07) is 3.61. The van der Waals surface area contributed by atoms with Crippen LogP contribution in [-0.2, 0) is 9.53 Å². The molecule has 0 bridgehead atoms. The van der Waals surface area contributed by atoms with Gasteiger partial charge in [0.15, 0.2) is 5.65 Å². The first kappa shape index (κ1) is 22.7. The lowest BCUT2D eigenvalue weighted by Gasteiger charge is -2.35. The lowest BCUT2D eigenvalue weighted by Crippen LogP contribution is -2.48. The van der Waals surface area contributed by atoms with Gasteiger partial charge in [-0.15, -0.1) is 11.3 Å². The summed E-state index contributed by atoms with van der Waals surface area (Å²) in [5.41, 5.74) is 2.77. The highest BCUT2D eigenvalue weighted by Crippen LogP contribution is 2.32. The Bertz CT molecular complexity index is 1410. The number of hydrogen-bond donors (Lipinski definition) is 3. The number of urea groups is 1. The molecule has 5 heterocycles. The highest BCUT2D eigenvalue weighted by molar-refractivity contribution is 7.12. The number of carbonyl (C=O) groups is 3. The van der Waals surface area contributed by atoms with Crippen molar-refractivity contribution in [1.29, 1.82) is 0 Å². The molecule has 11 nitrogen and oxygen atoms in total. The van der Waals surface area contributed by atoms with Gasteiger partial charge in [0, 0.05) is 41.7 Å². The molecular formula is C24H25N7O4S. The van der Waals surface area contributed by atoms with Crippen LogP contribution in [0.5, 0.6) is 0 Å². The van der Waals surface area contributed by atoms with E-state index in [1.165, 1.54) is 11.3 Å². The molecule has 2 unspecified atom stereocenters. The molecule has 3 aliphatic rings. The molecule has 3 fully saturated rings. The van der Waals surface area contributed by atoms with Gasteiger partial charge in [-0.3, -0.25) is 14.9 Å². The summed E-state index contributed by atoms with van der Waals surface area (Å²) >= 11 is 1.39. The Morgan fingerprint density at radius 1 is 1.19 bits per heavy atom. The van der Waals surface area contributed by atoms with Crippen molar-refractivity contribution in [3.8, 4) is 11.3 Å². The molecule has 3 aromatic rings. The van der Waals surface area contributed by atoms with E-state index in [0.717, 1.165) is 24.2 Å². The van der Waals surface area contributed by atoms with E-state index in [0.29, 0.717) is 40.9 Å². The molecule has 3 N–H and O–H groups in total. The summed E-state index contributed by atoms with van der Waals surface area (Å²) < 4.78 is 7.46. The van der Waals surface area contributed by atoms with Crippen LogP contribution >= 0.6 is 11.3 Å². The van der Waals surface area contributed by atoms with E-state index in [2.05, 4.69) is 21.0 Å². The second-order valence-corrected chi connectivity index (χ2v) is 10.3. The van der Waals surface area contributed by atoms with Crippen molar-refractivity contribution in [2.75, 3.05) is 18.4 Å². The summed E-state index contributed by atoms with van der Waals surface area (Å²) in [6.45, 7) is 5.08. The monoisotopic (exact) mass is 507 g/mol. The second-order valence-electron chi connectivity index (χ2n) is 9.41. The van der Waals surface area contributed by atoms with Crippen molar-refractivity contribution in [1.82, 2.24) is 30.1 Å². The van der Waals surface area contributed by atoms with Gasteiger partial charge in [0.1, 0.15) is 11.5 Å². The minimum atomic E-state index is -0.563. The number of nitrogens with one attached hydrogen (secondary N) is 3. The number of nitrogens with zero attached hydrogens (tertiary/aromatic N) is 4. The van der Waals surface area contributed by atoms with Crippen molar-refractivity contribution in [3.05, 3.63) is 39.8 Å². The zero-order chi connectivity index (χ0) is 25.0. The van der Waals surface area contributed by atoms with E-state index in [-0.39, 0.29) is 23.8 Å². The molecule has 2 aliphatic heterocycles. The highest BCUT2D eigenvalue weighted by atomic mass is 32.1. The molecule has 6 rings (SSSR count). The smallest absolute Gasteiger partial charge is 0.326 e. The maximum Gasteiger partial charge on any atom is 0.326 e. The molecule has 0 aromatic carbocycles. The summed E-state index contributed by atoms with van der Waals surface area (Å²) in [5, 5.41) is 14.6. The molecular weight excluding hydrogens is 482 g/mol. The Labute approximate surface area is 210 Å². The Hall–Kier alpha value is -3.77. The van der Waals surface area contributed by atoms with Crippen LogP contribution in [-0.4, -0.2) is 68.7 Å². The molecule has 186 valence electrons. The number of thiophene rings is 1. The van der Waals surface area contributed by atoms with Gasteiger partial charge in [-0.25, -0.2) is 9.78 Å². The lowest BCUT2D eigenvalue weighted by atomic mass is 10.2. The predicted octanol–water partition coefficient (Wildman–Crippen LogP) is 2.46. The molecule has 2 saturated heterocycles. The van der Waals surface area contributed by atoms with E-state index < -0.39 is 11.9 Å². The Balaban J connectivity index is 1.36. The van der Waals surface area contributed by atoms with E-state index in [9.17, 15) is 14.4 Å². The molecule has 2 atom stereocenters. The van der Waals surface area contributed by atoms with Crippen molar-refractivity contribution in [3.63, 3.8) is 0 Å². The summed E-state index contributed by atoms with van der Waals surface area (Å²) in [5.74, 6) is 0.264. The fourth-order valence-electron chi connectivity index (χ4n) is 4.49. The third-order valence-electron chi connectivity index (χ3n) is 6.26. The van der Waals surface area contributed by atoms with Crippen LogP contribution in [0.2, 0.25) is 0 Å². The van der Waals surface area contributed by atoms with Crippen LogP contribution in [0, 0.1) is 0 Å². The van der Waals surface area contributed by atoms with Crippen LogP contribution in [0.1, 0.15) is 41.9 Å². The molecule has 0 spiro atoms. The quantitative estimate of drug-likeness (QED) is 0.357. The van der Waals surface area contributed by atoms with Gasteiger partial charge in [-0.1, -0.05) is 0 Å². The van der Waals surface area contributed by atoms with E-state index >= 15 is 0 Å². The molecule has 0 radical (unpaired) electrons. The van der Waals surface area contributed by atoms with Gasteiger partial charge in [0.25, 0.3) is 11.8 Å². The summed E-state index contributed by atoms with van der Waals surface area (Å²) in [6.07, 6.45) is 5.33. The van der Waals surface area contributed by atoms with Gasteiger partial charge < -0.3 is 20.3 Å². The number of anilines is 1. The molecule has 1 aliphatic carbocycles. The third-order valence-corrected chi connectivity index (χ3v) is 7.18. The average Bonchev–Trinajstić information content (AvgIpc) is 3.22. The van der Waals surface area contributed by atoms with Crippen molar-refractivity contribution < 1.29 is 19.1 Å². The van der Waals surface area contributed by atoms with Gasteiger partial charge in [-0.2, -0.15) is 9.61 Å². The first-order valence-corrected chi connectivity index (χ1v) is 12.7. The van der Waals surface area contributed by atoms with Crippen molar-refractivity contribution >= 4 is 46.7 Å². The second kappa shape index (κ2) is 8.71. The maximum atomic E-state index is 13.2. The SMILES string of the molecule is CC1CN(C(=O)c2cc(-c3cc(NC4CC4)n4ncc(/C=C5\NC(=O)NC5=O)c4n3)cs2)CC(C)O1. The number of ether oxygens (including phenoxy) is 1. The van der Waals surface area contributed by atoms with E-state index in [4.69, 9.17) is 9.72 Å². The number of morpholine rings is 1. The average molecular weight is 508 g/mol. The fourth-order valence-corrected chi connectivity index (χ4v) is 5.36. The van der Waals surface area contributed by atoms with Crippen molar-refractivity contribution in [2.24, 2.45) is 0 Å². The zero-order valence-corrected chi connectivity index (χ0v) is 20.6. The summed E-state index contributed by atoms with van der Waals surface area (Å²) in [4.78, 5) is 44.0. The first-order chi connectivity index (χ1) is 17.3. The Kier molecular flexibility index (Phi) is 5.49. The normalized spacial score (nSPS) is 23.3. The third kappa shape index (κ3) is 4.33. The summed E-state index contributed by atoms with van der Waals surface area (Å²) in [7, 11) is 0. The number of hydrogen-bond acceptors (Lipinski definition) is 8. The van der Waals surface area contributed by atoms with Crippen LogP contribution in [0.25, 0.3) is 23.0 Å². The topological polar surface area (TPSA) is 130 Å². The van der Waals surface area contributed by atoms with Crippen LogP contribution in [0.15, 0.2) is 29.4 Å². The standard InChI is InChI=1S/C24H25N7O4S/c1-12-9-30(10-13(2)35-12)23(33)19-6-15(11-36-19)17-7-20(26-16-3-4-16)31-21(27-17)14(8-25-31)5-18-22(32)29-24(34)28-18/h5-8,11-13,16,26H,3-4,9-10H2,1-2H3,(H2,28,29,32,34)/b18-5-. The molecule has 3 aromatic heterocycles. The molecule has 1 saturated carbocycles. The van der Waals surface area contributed by atoms with Crippen LogP contribution < -0.4 is 16.0 Å². The number of rotatable bonds is 5. The fraction of sp³-hybridized carbons (Fsp3) is 0.375. The highest BCUT2D eigenvalue weighted by Gasteiger charge is 2.28. The minimum absolute atomic E-state index is 0.00148. The number of aromatic nitrogens is 3. The van der Waals surface area contributed by atoms with E-state index in [1.54, 1.807) is 16.8 Å². The number of amides is 4. The van der Waals surface area contributed by atoms with Crippen molar-refractivity contribution in [2.45, 2.75) is 44.9 Å². The molecule has 4 amide bonds. The largest absolute Gasteiger partial charge is 0.372 e. The molecule has 36 heavy (non-hydrogen) atoms.